The van der Waals surface area contributed by atoms with E-state index in [-0.39, 0.29) is 17.9 Å². The van der Waals surface area contributed by atoms with Gasteiger partial charge in [-0.1, -0.05) is 24.3 Å². The number of hydrogen-bond donors (Lipinski definition) is 1. The second-order valence-corrected chi connectivity index (χ2v) is 8.36. The number of aromatic nitrogens is 2. The van der Waals surface area contributed by atoms with Crippen LogP contribution in [0.3, 0.4) is 0 Å². The van der Waals surface area contributed by atoms with E-state index in [1.807, 2.05) is 36.4 Å². The molecule has 2 aromatic heterocycles. The van der Waals surface area contributed by atoms with Gasteiger partial charge in [-0.05, 0) is 86.2 Å². The Bertz CT molecular complexity index is 1250. The summed E-state index contributed by atoms with van der Waals surface area (Å²) in [6.45, 7) is 4.25. The number of anilines is 1. The zero-order valence-electron chi connectivity index (χ0n) is 17.9. The molecule has 1 aliphatic rings. The van der Waals surface area contributed by atoms with Crippen LogP contribution in [0.1, 0.15) is 34.7 Å². The monoisotopic (exact) mass is 442 g/mol. The molecule has 0 saturated carbocycles. The molecule has 2 aromatic carbocycles. The molecule has 1 aliphatic heterocycles. The molecule has 0 spiro atoms. The van der Waals surface area contributed by atoms with Crippen LogP contribution in [0.5, 0.6) is 0 Å². The van der Waals surface area contributed by atoms with Crippen molar-refractivity contribution in [3.63, 3.8) is 0 Å². The smallest absolute Gasteiger partial charge is 0.174 e. The maximum Gasteiger partial charge on any atom is 0.174 e. The molecule has 5 rings (SSSR count). The SMILES string of the molecule is Cc1cc([C@@H]2[C@H](c3ccccn3)NC(=S)N2c2ccc(F)cc2)c(C)n1-c1ccccc1. The molecule has 2 atom stereocenters. The molecule has 6 heteroatoms. The Labute approximate surface area is 192 Å². The fourth-order valence-electron chi connectivity index (χ4n) is 4.61. The summed E-state index contributed by atoms with van der Waals surface area (Å²) in [5.41, 5.74) is 6.30. The maximum absolute atomic E-state index is 13.7. The summed E-state index contributed by atoms with van der Waals surface area (Å²) in [6.07, 6.45) is 1.80. The Hall–Kier alpha value is -3.51. The number of rotatable bonds is 4. The normalized spacial score (nSPS) is 18.1. The van der Waals surface area contributed by atoms with Gasteiger partial charge in [0.05, 0.1) is 17.8 Å². The Morgan fingerprint density at radius 2 is 1.62 bits per heavy atom. The zero-order chi connectivity index (χ0) is 22.2. The minimum absolute atomic E-state index is 0.133. The zero-order valence-corrected chi connectivity index (χ0v) is 18.7. The van der Waals surface area contributed by atoms with E-state index in [2.05, 4.69) is 51.8 Å². The number of pyridine rings is 1. The van der Waals surface area contributed by atoms with E-state index in [4.69, 9.17) is 12.2 Å². The third-order valence-corrected chi connectivity index (χ3v) is 6.32. The van der Waals surface area contributed by atoms with Crippen LogP contribution in [-0.4, -0.2) is 14.7 Å². The van der Waals surface area contributed by atoms with E-state index in [0.29, 0.717) is 5.11 Å². The first-order valence-electron chi connectivity index (χ1n) is 10.5. The van der Waals surface area contributed by atoms with E-state index < -0.39 is 0 Å². The van der Waals surface area contributed by atoms with Crippen LogP contribution in [0, 0.1) is 19.7 Å². The summed E-state index contributed by atoms with van der Waals surface area (Å²) >= 11 is 5.77. The summed E-state index contributed by atoms with van der Waals surface area (Å²) in [6, 6.07) is 24.6. The topological polar surface area (TPSA) is 33.1 Å². The summed E-state index contributed by atoms with van der Waals surface area (Å²) in [5, 5.41) is 4.07. The quantitative estimate of drug-likeness (QED) is 0.405. The average molecular weight is 443 g/mol. The lowest BCUT2D eigenvalue weighted by Crippen LogP contribution is -2.29. The number of thiocarbonyl (C=S) groups is 1. The van der Waals surface area contributed by atoms with Gasteiger partial charge in [0.2, 0.25) is 0 Å². The first-order chi connectivity index (χ1) is 15.5. The molecule has 0 amide bonds. The van der Waals surface area contributed by atoms with Crippen molar-refractivity contribution in [3.8, 4) is 5.69 Å². The average Bonchev–Trinajstić information content (AvgIpc) is 3.31. The number of halogens is 1. The van der Waals surface area contributed by atoms with Gasteiger partial charge in [-0.15, -0.1) is 0 Å². The van der Waals surface area contributed by atoms with Crippen LogP contribution in [0.15, 0.2) is 85.1 Å². The van der Waals surface area contributed by atoms with Gasteiger partial charge in [0.1, 0.15) is 5.82 Å². The van der Waals surface area contributed by atoms with Gasteiger partial charge >= 0.3 is 0 Å². The van der Waals surface area contributed by atoms with Crippen LogP contribution in [-0.2, 0) is 0 Å². The summed E-state index contributed by atoms with van der Waals surface area (Å²) in [4.78, 5) is 6.69. The molecule has 1 saturated heterocycles. The number of nitrogens with one attached hydrogen (secondary N) is 1. The first-order valence-corrected chi connectivity index (χ1v) is 11.0. The Morgan fingerprint density at radius 1 is 0.906 bits per heavy atom. The van der Waals surface area contributed by atoms with E-state index in [1.54, 1.807) is 18.3 Å². The van der Waals surface area contributed by atoms with E-state index in [1.165, 1.54) is 12.1 Å². The van der Waals surface area contributed by atoms with Gasteiger partial charge in [-0.2, -0.15) is 0 Å². The highest BCUT2D eigenvalue weighted by Crippen LogP contribution is 2.43. The second-order valence-electron chi connectivity index (χ2n) is 7.97. The fraction of sp³-hybridized carbons (Fsp3) is 0.154. The third-order valence-electron chi connectivity index (χ3n) is 6.01. The minimum atomic E-state index is -0.271. The molecular weight excluding hydrogens is 419 g/mol. The molecule has 4 aromatic rings. The van der Waals surface area contributed by atoms with Crippen molar-refractivity contribution in [1.82, 2.24) is 14.9 Å². The first kappa shape index (κ1) is 20.4. The molecular formula is C26H23FN4S. The van der Waals surface area contributed by atoms with Gasteiger partial charge in [-0.3, -0.25) is 4.98 Å². The lowest BCUT2D eigenvalue weighted by molar-refractivity contribution is 0.565. The molecule has 1 fully saturated rings. The van der Waals surface area contributed by atoms with Crippen LogP contribution < -0.4 is 10.2 Å². The molecule has 3 heterocycles. The molecule has 4 nitrogen and oxygen atoms in total. The molecule has 1 N–H and O–H groups in total. The van der Waals surface area contributed by atoms with Crippen molar-refractivity contribution < 1.29 is 4.39 Å². The second kappa shape index (κ2) is 8.20. The number of aryl methyl sites for hydroxylation is 1. The highest BCUT2D eigenvalue weighted by Gasteiger charge is 2.42. The number of benzene rings is 2. The van der Waals surface area contributed by atoms with E-state index in [0.717, 1.165) is 34.0 Å². The summed E-state index contributed by atoms with van der Waals surface area (Å²) < 4.78 is 15.9. The number of hydrogen-bond acceptors (Lipinski definition) is 2. The molecule has 0 radical (unpaired) electrons. The van der Waals surface area contributed by atoms with Crippen molar-refractivity contribution in [2.75, 3.05) is 4.90 Å². The molecule has 32 heavy (non-hydrogen) atoms. The predicted octanol–water partition coefficient (Wildman–Crippen LogP) is 5.81. The minimum Gasteiger partial charge on any atom is -0.351 e. The molecule has 0 aliphatic carbocycles. The fourth-order valence-corrected chi connectivity index (χ4v) is 4.96. The van der Waals surface area contributed by atoms with Crippen molar-refractivity contribution in [3.05, 3.63) is 114 Å². The largest absolute Gasteiger partial charge is 0.351 e. The van der Waals surface area contributed by atoms with E-state index >= 15 is 0 Å². The highest BCUT2D eigenvalue weighted by atomic mass is 32.1. The van der Waals surface area contributed by atoms with Gasteiger partial charge in [-0.25, -0.2) is 4.39 Å². The van der Waals surface area contributed by atoms with Crippen LogP contribution in [0.25, 0.3) is 5.69 Å². The number of nitrogens with zero attached hydrogens (tertiary/aromatic N) is 3. The van der Waals surface area contributed by atoms with Crippen molar-refractivity contribution in [2.24, 2.45) is 0 Å². The predicted molar refractivity (Wildman–Crippen MR) is 130 cm³/mol. The standard InChI is InChI=1S/C26H23FN4S/c1-17-16-22(18(2)30(17)20-8-4-3-5-9-20)25-24(23-10-6-7-15-28-23)29-26(32)31(25)21-13-11-19(27)12-14-21/h3-16,24-25H,1-2H3,(H,29,32)/t24-,25+/m0/s1. The van der Waals surface area contributed by atoms with Gasteiger partial charge in [0.25, 0.3) is 0 Å². The van der Waals surface area contributed by atoms with Crippen LogP contribution in [0.4, 0.5) is 10.1 Å². The van der Waals surface area contributed by atoms with E-state index in [9.17, 15) is 4.39 Å². The Balaban J connectivity index is 1.68. The van der Waals surface area contributed by atoms with Crippen molar-refractivity contribution in [2.45, 2.75) is 25.9 Å². The van der Waals surface area contributed by atoms with Crippen molar-refractivity contribution in [1.29, 1.82) is 0 Å². The highest BCUT2D eigenvalue weighted by molar-refractivity contribution is 7.80. The Kier molecular flexibility index (Phi) is 5.23. The maximum atomic E-state index is 13.7. The van der Waals surface area contributed by atoms with Gasteiger partial charge < -0.3 is 14.8 Å². The summed E-state index contributed by atoms with van der Waals surface area (Å²) in [5.74, 6) is -0.271. The van der Waals surface area contributed by atoms with Gasteiger partial charge in [0, 0.05) is 29.0 Å². The lowest BCUT2D eigenvalue weighted by atomic mass is 9.96. The van der Waals surface area contributed by atoms with Crippen molar-refractivity contribution >= 4 is 23.0 Å². The van der Waals surface area contributed by atoms with Crippen LogP contribution in [0.2, 0.25) is 0 Å². The van der Waals surface area contributed by atoms with Gasteiger partial charge in [0.15, 0.2) is 5.11 Å². The summed E-state index contributed by atoms with van der Waals surface area (Å²) in [7, 11) is 0. The lowest BCUT2D eigenvalue weighted by Gasteiger charge is -2.28. The molecule has 160 valence electrons. The number of para-hydroxylation sites is 1. The molecule has 0 bridgehead atoms. The van der Waals surface area contributed by atoms with Crippen LogP contribution >= 0.6 is 12.2 Å². The Morgan fingerprint density at radius 3 is 2.31 bits per heavy atom. The molecule has 0 unspecified atom stereocenters. The third kappa shape index (κ3) is 3.46.